The van der Waals surface area contributed by atoms with Gasteiger partial charge >= 0.3 is 0 Å². The van der Waals surface area contributed by atoms with E-state index in [9.17, 15) is 9.59 Å². The summed E-state index contributed by atoms with van der Waals surface area (Å²) in [6, 6.07) is 16.5. The molecule has 0 atom stereocenters. The number of nitrogens with zero attached hydrogens (tertiary/aromatic N) is 2. The van der Waals surface area contributed by atoms with Gasteiger partial charge in [-0.2, -0.15) is 0 Å². The molecule has 1 heterocycles. The van der Waals surface area contributed by atoms with Crippen LogP contribution in [0.3, 0.4) is 0 Å². The highest BCUT2D eigenvalue weighted by molar-refractivity contribution is 7.18. The minimum absolute atomic E-state index is 0.0173. The van der Waals surface area contributed by atoms with E-state index in [4.69, 9.17) is 0 Å². The summed E-state index contributed by atoms with van der Waals surface area (Å²) in [4.78, 5) is 24.1. The van der Waals surface area contributed by atoms with Gasteiger partial charge in [0, 0.05) is 23.2 Å². The lowest BCUT2D eigenvalue weighted by Crippen LogP contribution is -2.13. The molecule has 3 aromatic rings. The first-order valence-corrected chi connectivity index (χ1v) is 9.57. The molecule has 2 N–H and O–H groups in total. The molecule has 1 aromatic heterocycles. The molecule has 0 spiro atoms. The molecule has 138 valence electrons. The van der Waals surface area contributed by atoms with Gasteiger partial charge in [0.25, 0.3) is 5.91 Å². The van der Waals surface area contributed by atoms with Gasteiger partial charge in [0.1, 0.15) is 5.01 Å². The summed E-state index contributed by atoms with van der Waals surface area (Å²) in [5, 5.41) is 14.9. The Bertz CT molecular complexity index is 907. The lowest BCUT2D eigenvalue weighted by Gasteiger charge is -2.06. The number of rotatable bonds is 7. The van der Waals surface area contributed by atoms with Crippen molar-refractivity contribution >= 4 is 34.0 Å². The number of carbonyl (C=O) groups excluding carboxylic acids is 2. The SMILES string of the molecule is CCCCC(=O)Nc1ccc(C(=O)Nc2nnc(-c3ccccc3)s2)cc1. The van der Waals surface area contributed by atoms with E-state index in [1.807, 2.05) is 37.3 Å². The van der Waals surface area contributed by atoms with Gasteiger partial charge in [-0.1, -0.05) is 55.0 Å². The van der Waals surface area contributed by atoms with E-state index >= 15 is 0 Å². The highest BCUT2D eigenvalue weighted by Crippen LogP contribution is 2.26. The van der Waals surface area contributed by atoms with Crippen LogP contribution in [0.25, 0.3) is 10.6 Å². The predicted octanol–water partition coefficient (Wildman–Crippen LogP) is 4.59. The van der Waals surface area contributed by atoms with Gasteiger partial charge in [0.05, 0.1) is 0 Å². The Labute approximate surface area is 161 Å². The molecule has 7 heteroatoms. The molecule has 0 saturated carbocycles. The van der Waals surface area contributed by atoms with Crippen LogP contribution in [0, 0.1) is 0 Å². The fraction of sp³-hybridized carbons (Fsp3) is 0.200. The molecule has 0 unspecified atom stereocenters. The topological polar surface area (TPSA) is 84.0 Å². The van der Waals surface area contributed by atoms with Crippen LogP contribution in [-0.2, 0) is 4.79 Å². The second-order valence-corrected chi connectivity index (χ2v) is 6.94. The predicted molar refractivity (Wildman–Crippen MR) is 108 cm³/mol. The number of benzene rings is 2. The molecule has 3 rings (SSSR count). The van der Waals surface area contributed by atoms with E-state index in [-0.39, 0.29) is 11.8 Å². The van der Waals surface area contributed by atoms with Crippen LogP contribution in [0.15, 0.2) is 54.6 Å². The van der Waals surface area contributed by atoms with Crippen LogP contribution in [0.1, 0.15) is 36.5 Å². The zero-order valence-corrected chi connectivity index (χ0v) is 15.8. The van der Waals surface area contributed by atoms with Crippen molar-refractivity contribution in [2.45, 2.75) is 26.2 Å². The summed E-state index contributed by atoms with van der Waals surface area (Å²) in [6.07, 6.45) is 2.34. The first-order valence-electron chi connectivity index (χ1n) is 8.76. The van der Waals surface area contributed by atoms with Crippen molar-refractivity contribution in [2.24, 2.45) is 0 Å². The summed E-state index contributed by atoms with van der Waals surface area (Å²) in [6.45, 7) is 2.04. The Morgan fingerprint density at radius 2 is 1.70 bits per heavy atom. The van der Waals surface area contributed by atoms with Crippen LogP contribution >= 0.6 is 11.3 Å². The molecule has 0 radical (unpaired) electrons. The van der Waals surface area contributed by atoms with Crippen LogP contribution in [0.5, 0.6) is 0 Å². The molecule has 2 aromatic carbocycles. The van der Waals surface area contributed by atoms with Crippen LogP contribution in [-0.4, -0.2) is 22.0 Å². The smallest absolute Gasteiger partial charge is 0.257 e. The monoisotopic (exact) mass is 380 g/mol. The Balaban J connectivity index is 1.60. The maximum Gasteiger partial charge on any atom is 0.257 e. The minimum Gasteiger partial charge on any atom is -0.326 e. The summed E-state index contributed by atoms with van der Waals surface area (Å²) < 4.78 is 0. The fourth-order valence-corrected chi connectivity index (χ4v) is 3.15. The lowest BCUT2D eigenvalue weighted by atomic mass is 10.2. The van der Waals surface area contributed by atoms with Gasteiger partial charge in [-0.3, -0.25) is 14.9 Å². The average molecular weight is 380 g/mol. The zero-order chi connectivity index (χ0) is 19.1. The Kier molecular flexibility index (Phi) is 6.27. The lowest BCUT2D eigenvalue weighted by molar-refractivity contribution is -0.116. The minimum atomic E-state index is -0.269. The number of aromatic nitrogens is 2. The molecule has 2 amide bonds. The molecular formula is C20H20N4O2S. The molecule has 0 aliphatic rings. The summed E-state index contributed by atoms with van der Waals surface area (Å²) in [7, 11) is 0. The molecular weight excluding hydrogens is 360 g/mol. The standard InChI is InChI=1S/C20H20N4O2S/c1-2-3-9-17(25)21-16-12-10-14(11-13-16)18(26)22-20-24-23-19(27-20)15-7-5-4-6-8-15/h4-8,10-13H,2-3,9H2,1H3,(H,21,25)(H,22,24,26). The van der Waals surface area contributed by atoms with E-state index in [0.29, 0.717) is 22.8 Å². The largest absolute Gasteiger partial charge is 0.326 e. The van der Waals surface area contributed by atoms with Crippen molar-refractivity contribution in [2.75, 3.05) is 10.6 Å². The van der Waals surface area contributed by atoms with Gasteiger partial charge < -0.3 is 5.32 Å². The van der Waals surface area contributed by atoms with Crippen molar-refractivity contribution in [3.05, 3.63) is 60.2 Å². The molecule has 27 heavy (non-hydrogen) atoms. The second kappa shape index (κ2) is 9.05. The highest BCUT2D eigenvalue weighted by Gasteiger charge is 2.11. The number of carbonyl (C=O) groups is 2. The van der Waals surface area contributed by atoms with Gasteiger partial charge in [-0.05, 0) is 30.7 Å². The van der Waals surface area contributed by atoms with Gasteiger partial charge in [-0.15, -0.1) is 10.2 Å². The molecule has 0 saturated heterocycles. The van der Waals surface area contributed by atoms with Gasteiger partial charge in [-0.25, -0.2) is 0 Å². The van der Waals surface area contributed by atoms with Crippen molar-refractivity contribution in [1.82, 2.24) is 10.2 Å². The third-order valence-electron chi connectivity index (χ3n) is 3.85. The highest BCUT2D eigenvalue weighted by atomic mass is 32.1. The van der Waals surface area contributed by atoms with E-state index in [1.165, 1.54) is 11.3 Å². The zero-order valence-electron chi connectivity index (χ0n) is 14.9. The average Bonchev–Trinajstić information content (AvgIpc) is 3.16. The molecule has 0 aliphatic carbocycles. The van der Waals surface area contributed by atoms with E-state index in [1.54, 1.807) is 24.3 Å². The maximum atomic E-state index is 12.4. The molecule has 6 nitrogen and oxygen atoms in total. The quantitative estimate of drug-likeness (QED) is 0.628. The second-order valence-electron chi connectivity index (χ2n) is 5.96. The number of amides is 2. The molecule has 0 bridgehead atoms. The first kappa shape index (κ1) is 18.7. The van der Waals surface area contributed by atoms with Gasteiger partial charge in [0.2, 0.25) is 11.0 Å². The van der Waals surface area contributed by atoms with Crippen molar-refractivity contribution in [3.63, 3.8) is 0 Å². The summed E-state index contributed by atoms with van der Waals surface area (Å²) in [5.74, 6) is -0.286. The maximum absolute atomic E-state index is 12.4. The number of unbranched alkanes of at least 4 members (excludes halogenated alkanes) is 1. The van der Waals surface area contributed by atoms with Crippen LogP contribution < -0.4 is 10.6 Å². The summed E-state index contributed by atoms with van der Waals surface area (Å²) >= 11 is 1.32. The molecule has 0 aliphatic heterocycles. The van der Waals surface area contributed by atoms with Crippen molar-refractivity contribution < 1.29 is 9.59 Å². The van der Waals surface area contributed by atoms with Crippen LogP contribution in [0.2, 0.25) is 0 Å². The number of nitrogens with one attached hydrogen (secondary N) is 2. The van der Waals surface area contributed by atoms with Crippen LogP contribution in [0.4, 0.5) is 10.8 Å². The normalized spacial score (nSPS) is 10.4. The number of anilines is 2. The van der Waals surface area contributed by atoms with E-state index in [0.717, 1.165) is 23.4 Å². The summed E-state index contributed by atoms with van der Waals surface area (Å²) in [5.41, 5.74) is 2.12. The molecule has 0 fully saturated rings. The Morgan fingerprint density at radius 3 is 2.41 bits per heavy atom. The Morgan fingerprint density at radius 1 is 0.963 bits per heavy atom. The van der Waals surface area contributed by atoms with Crippen molar-refractivity contribution in [1.29, 1.82) is 0 Å². The number of hydrogen-bond acceptors (Lipinski definition) is 5. The van der Waals surface area contributed by atoms with E-state index < -0.39 is 0 Å². The van der Waals surface area contributed by atoms with E-state index in [2.05, 4.69) is 20.8 Å². The number of hydrogen-bond donors (Lipinski definition) is 2. The third-order valence-corrected chi connectivity index (χ3v) is 4.74. The first-order chi connectivity index (χ1) is 13.2. The Hall–Kier alpha value is -3.06. The fourth-order valence-electron chi connectivity index (χ4n) is 2.41. The van der Waals surface area contributed by atoms with Gasteiger partial charge in [0.15, 0.2) is 0 Å². The van der Waals surface area contributed by atoms with Crippen molar-refractivity contribution in [3.8, 4) is 10.6 Å². The third kappa shape index (κ3) is 5.21.